The quantitative estimate of drug-likeness (QED) is 0.877. The average Bonchev–Trinajstić information content (AvgIpc) is 2.56. The van der Waals surface area contributed by atoms with Gasteiger partial charge >= 0.3 is 0 Å². The molecule has 1 aromatic heterocycles. The summed E-state index contributed by atoms with van der Waals surface area (Å²) in [6.45, 7) is 5.14. The van der Waals surface area contributed by atoms with E-state index in [1.807, 2.05) is 0 Å². The van der Waals surface area contributed by atoms with Crippen LogP contribution in [0.4, 0.5) is 0 Å². The molecular formula is C14H21N3. The summed E-state index contributed by atoms with van der Waals surface area (Å²) in [5.41, 5.74) is 9.18. The van der Waals surface area contributed by atoms with Gasteiger partial charge in [0.1, 0.15) is 5.82 Å². The van der Waals surface area contributed by atoms with Crippen molar-refractivity contribution >= 4 is 11.0 Å². The number of hydrogen-bond donors (Lipinski definition) is 1. The molecule has 17 heavy (non-hydrogen) atoms. The summed E-state index contributed by atoms with van der Waals surface area (Å²) in [6, 6.07) is 6.44. The first-order valence-corrected chi connectivity index (χ1v) is 6.26. The van der Waals surface area contributed by atoms with Gasteiger partial charge in [-0.05, 0) is 36.6 Å². The number of imidazole rings is 1. The molecule has 0 fully saturated rings. The maximum atomic E-state index is 5.59. The van der Waals surface area contributed by atoms with Gasteiger partial charge in [-0.1, -0.05) is 19.9 Å². The lowest BCUT2D eigenvalue weighted by Gasteiger charge is -2.05. The SMILES string of the molecule is CC(C)Cc1nc2ccc(CCN)cc2n1C. The molecule has 0 amide bonds. The molecule has 2 rings (SSSR count). The van der Waals surface area contributed by atoms with E-state index in [9.17, 15) is 0 Å². The van der Waals surface area contributed by atoms with Crippen LogP contribution in [0.2, 0.25) is 0 Å². The third kappa shape index (κ3) is 2.50. The number of fused-ring (bicyclic) bond motifs is 1. The van der Waals surface area contributed by atoms with E-state index in [2.05, 4.69) is 48.6 Å². The predicted molar refractivity (Wildman–Crippen MR) is 72.0 cm³/mol. The second-order valence-corrected chi connectivity index (χ2v) is 5.05. The van der Waals surface area contributed by atoms with Crippen molar-refractivity contribution in [3.63, 3.8) is 0 Å². The Balaban J connectivity index is 2.43. The smallest absolute Gasteiger partial charge is 0.109 e. The van der Waals surface area contributed by atoms with Crippen molar-refractivity contribution in [2.45, 2.75) is 26.7 Å². The number of hydrogen-bond acceptors (Lipinski definition) is 2. The van der Waals surface area contributed by atoms with Gasteiger partial charge in [0.2, 0.25) is 0 Å². The summed E-state index contributed by atoms with van der Waals surface area (Å²) in [7, 11) is 2.10. The lowest BCUT2D eigenvalue weighted by Crippen LogP contribution is -2.03. The highest BCUT2D eigenvalue weighted by molar-refractivity contribution is 5.76. The topological polar surface area (TPSA) is 43.8 Å². The largest absolute Gasteiger partial charge is 0.331 e. The molecule has 0 saturated carbocycles. The Bertz CT molecular complexity index is 511. The molecule has 0 radical (unpaired) electrons. The van der Waals surface area contributed by atoms with Crippen molar-refractivity contribution in [2.75, 3.05) is 6.54 Å². The van der Waals surface area contributed by atoms with Crippen LogP contribution >= 0.6 is 0 Å². The van der Waals surface area contributed by atoms with Gasteiger partial charge in [-0.2, -0.15) is 0 Å². The molecule has 0 atom stereocenters. The summed E-state index contributed by atoms with van der Waals surface area (Å²) in [5, 5.41) is 0. The van der Waals surface area contributed by atoms with Gasteiger partial charge in [0.25, 0.3) is 0 Å². The minimum absolute atomic E-state index is 0.633. The molecule has 1 heterocycles. The lowest BCUT2D eigenvalue weighted by atomic mass is 10.1. The molecule has 2 aromatic rings. The van der Waals surface area contributed by atoms with Crippen LogP contribution in [0.25, 0.3) is 11.0 Å². The number of benzene rings is 1. The van der Waals surface area contributed by atoms with Crippen molar-refractivity contribution in [2.24, 2.45) is 18.7 Å². The van der Waals surface area contributed by atoms with Crippen LogP contribution in [0.15, 0.2) is 18.2 Å². The minimum Gasteiger partial charge on any atom is -0.331 e. The Hall–Kier alpha value is -1.35. The monoisotopic (exact) mass is 231 g/mol. The molecule has 2 N–H and O–H groups in total. The Morgan fingerprint density at radius 2 is 2.12 bits per heavy atom. The molecule has 3 heteroatoms. The maximum Gasteiger partial charge on any atom is 0.109 e. The number of nitrogens with zero attached hydrogens (tertiary/aromatic N) is 2. The van der Waals surface area contributed by atoms with Crippen molar-refractivity contribution in [3.05, 3.63) is 29.6 Å². The highest BCUT2D eigenvalue weighted by atomic mass is 15.1. The highest BCUT2D eigenvalue weighted by Gasteiger charge is 2.09. The van der Waals surface area contributed by atoms with E-state index in [-0.39, 0.29) is 0 Å². The lowest BCUT2D eigenvalue weighted by molar-refractivity contribution is 0.606. The third-order valence-electron chi connectivity index (χ3n) is 3.06. The van der Waals surface area contributed by atoms with Gasteiger partial charge in [0, 0.05) is 13.5 Å². The molecule has 92 valence electrons. The summed E-state index contributed by atoms with van der Waals surface area (Å²) < 4.78 is 2.20. The normalized spacial score (nSPS) is 11.6. The molecule has 3 nitrogen and oxygen atoms in total. The number of aromatic nitrogens is 2. The Kier molecular flexibility index (Phi) is 3.48. The Morgan fingerprint density at radius 1 is 1.35 bits per heavy atom. The minimum atomic E-state index is 0.633. The van der Waals surface area contributed by atoms with Gasteiger partial charge in [-0.3, -0.25) is 0 Å². The fourth-order valence-corrected chi connectivity index (χ4v) is 2.16. The van der Waals surface area contributed by atoms with Crippen molar-refractivity contribution in [1.29, 1.82) is 0 Å². The molecule has 1 aromatic carbocycles. The van der Waals surface area contributed by atoms with Crippen molar-refractivity contribution < 1.29 is 0 Å². The van der Waals surface area contributed by atoms with Gasteiger partial charge in [0.05, 0.1) is 11.0 Å². The highest BCUT2D eigenvalue weighted by Crippen LogP contribution is 2.18. The van der Waals surface area contributed by atoms with E-state index in [0.717, 1.165) is 18.4 Å². The second kappa shape index (κ2) is 4.88. The standard InChI is InChI=1S/C14H21N3/c1-10(2)8-14-16-12-5-4-11(6-7-15)9-13(12)17(14)3/h4-5,9-10H,6-8,15H2,1-3H3. The number of aryl methyl sites for hydroxylation is 1. The first-order chi connectivity index (χ1) is 8.11. The summed E-state index contributed by atoms with van der Waals surface area (Å²) >= 11 is 0. The summed E-state index contributed by atoms with van der Waals surface area (Å²) in [5.74, 6) is 1.80. The predicted octanol–water partition coefficient (Wildman–Crippen LogP) is 2.27. The molecule has 0 bridgehead atoms. The molecule has 0 aliphatic heterocycles. The molecule has 0 spiro atoms. The molecule has 0 aliphatic rings. The van der Waals surface area contributed by atoms with Crippen LogP contribution in [0.3, 0.4) is 0 Å². The average molecular weight is 231 g/mol. The Labute approximate surface area is 103 Å². The van der Waals surface area contributed by atoms with Crippen molar-refractivity contribution in [1.82, 2.24) is 9.55 Å². The van der Waals surface area contributed by atoms with E-state index >= 15 is 0 Å². The van der Waals surface area contributed by atoms with Crippen molar-refractivity contribution in [3.8, 4) is 0 Å². The Morgan fingerprint density at radius 3 is 2.76 bits per heavy atom. The van der Waals surface area contributed by atoms with Gasteiger partial charge < -0.3 is 10.3 Å². The zero-order chi connectivity index (χ0) is 12.4. The number of rotatable bonds is 4. The first-order valence-electron chi connectivity index (χ1n) is 6.26. The zero-order valence-corrected chi connectivity index (χ0v) is 10.9. The first kappa shape index (κ1) is 12.1. The molecular weight excluding hydrogens is 210 g/mol. The summed E-state index contributed by atoms with van der Waals surface area (Å²) in [6.07, 6.45) is 1.96. The van der Waals surface area contributed by atoms with E-state index in [4.69, 9.17) is 5.73 Å². The van der Waals surface area contributed by atoms with Crippen LogP contribution in [0.1, 0.15) is 25.2 Å². The van der Waals surface area contributed by atoms with Crippen LogP contribution < -0.4 is 5.73 Å². The van der Waals surface area contributed by atoms with E-state index in [1.54, 1.807) is 0 Å². The molecule has 0 aliphatic carbocycles. The van der Waals surface area contributed by atoms with E-state index in [1.165, 1.54) is 16.9 Å². The van der Waals surface area contributed by atoms with Gasteiger partial charge in [0.15, 0.2) is 0 Å². The fraction of sp³-hybridized carbons (Fsp3) is 0.500. The van der Waals surface area contributed by atoms with Crippen LogP contribution in [0.5, 0.6) is 0 Å². The summed E-state index contributed by atoms with van der Waals surface area (Å²) in [4.78, 5) is 4.69. The molecule has 0 saturated heterocycles. The zero-order valence-electron chi connectivity index (χ0n) is 10.9. The van der Waals surface area contributed by atoms with Gasteiger partial charge in [-0.25, -0.2) is 4.98 Å². The fourth-order valence-electron chi connectivity index (χ4n) is 2.16. The third-order valence-corrected chi connectivity index (χ3v) is 3.06. The molecule has 0 unspecified atom stereocenters. The van der Waals surface area contributed by atoms with Crippen LogP contribution in [-0.2, 0) is 19.9 Å². The number of nitrogens with two attached hydrogens (primary N) is 1. The van der Waals surface area contributed by atoms with Crippen LogP contribution in [0, 0.1) is 5.92 Å². The van der Waals surface area contributed by atoms with E-state index < -0.39 is 0 Å². The van der Waals surface area contributed by atoms with Gasteiger partial charge in [-0.15, -0.1) is 0 Å². The van der Waals surface area contributed by atoms with E-state index in [0.29, 0.717) is 12.5 Å². The van der Waals surface area contributed by atoms with Crippen LogP contribution in [-0.4, -0.2) is 16.1 Å². The maximum absolute atomic E-state index is 5.59. The second-order valence-electron chi connectivity index (χ2n) is 5.05.